The van der Waals surface area contributed by atoms with Gasteiger partial charge in [-0.25, -0.2) is 17.9 Å². The molecule has 0 atom stereocenters. The molecule has 0 radical (unpaired) electrons. The Labute approximate surface area is 113 Å². The van der Waals surface area contributed by atoms with Crippen LogP contribution in [0.15, 0.2) is 0 Å². The first kappa shape index (κ1) is 15.5. The first-order valence-electron chi connectivity index (χ1n) is 5.96. The number of halogens is 1. The van der Waals surface area contributed by atoms with Gasteiger partial charge in [-0.3, -0.25) is 0 Å². The summed E-state index contributed by atoms with van der Waals surface area (Å²) < 4.78 is 30.5. The van der Waals surface area contributed by atoms with E-state index in [4.69, 9.17) is 16.3 Å². The molecule has 1 aliphatic rings. The van der Waals surface area contributed by atoms with Crippen LogP contribution in [0.3, 0.4) is 0 Å². The second-order valence-electron chi connectivity index (χ2n) is 4.09. The van der Waals surface area contributed by atoms with Crippen LogP contribution in [0, 0.1) is 0 Å². The molecule has 1 aliphatic heterocycles. The molecule has 1 saturated heterocycles. The third kappa shape index (κ3) is 4.99. The molecule has 0 spiro atoms. The number of carbonyl (C=O) groups is 1. The number of piperidine rings is 1. The van der Waals surface area contributed by atoms with E-state index in [0.29, 0.717) is 32.5 Å². The summed E-state index contributed by atoms with van der Waals surface area (Å²) in [5, 5.41) is 0. The number of likely N-dealkylation sites (tertiary alicyclic amines) is 1. The van der Waals surface area contributed by atoms with Gasteiger partial charge < -0.3 is 9.64 Å². The van der Waals surface area contributed by atoms with Gasteiger partial charge >= 0.3 is 6.09 Å². The van der Waals surface area contributed by atoms with Crippen LogP contribution in [0.4, 0.5) is 4.79 Å². The minimum absolute atomic E-state index is 0.0767. The molecule has 1 N–H and O–H groups in total. The molecule has 1 amide bonds. The van der Waals surface area contributed by atoms with Crippen molar-refractivity contribution in [3.8, 4) is 0 Å². The number of carbonyl (C=O) groups excluding carboxylic acids is 1. The number of hydrogen-bond acceptors (Lipinski definition) is 4. The lowest BCUT2D eigenvalue weighted by atomic mass is 10.1. The van der Waals surface area contributed by atoms with Gasteiger partial charge in [0.25, 0.3) is 0 Å². The van der Waals surface area contributed by atoms with Gasteiger partial charge in [0.15, 0.2) is 0 Å². The molecule has 0 aromatic carbocycles. The van der Waals surface area contributed by atoms with Gasteiger partial charge in [0, 0.05) is 25.0 Å². The van der Waals surface area contributed by atoms with E-state index in [1.807, 2.05) is 0 Å². The molecule has 0 bridgehead atoms. The van der Waals surface area contributed by atoms with Gasteiger partial charge in [0.2, 0.25) is 10.0 Å². The molecule has 18 heavy (non-hydrogen) atoms. The molecule has 0 saturated carbocycles. The molecule has 1 rings (SSSR count). The third-order valence-corrected chi connectivity index (χ3v) is 4.56. The molecule has 0 aromatic heterocycles. The molecule has 0 aliphatic carbocycles. The van der Waals surface area contributed by atoms with Crippen LogP contribution < -0.4 is 4.72 Å². The number of alkyl halides is 1. The molecular weight excluding hydrogens is 280 g/mol. The van der Waals surface area contributed by atoms with Crippen molar-refractivity contribution in [2.24, 2.45) is 0 Å². The van der Waals surface area contributed by atoms with Gasteiger partial charge in [0.1, 0.15) is 0 Å². The van der Waals surface area contributed by atoms with Crippen molar-refractivity contribution in [3.05, 3.63) is 0 Å². The van der Waals surface area contributed by atoms with Crippen LogP contribution in [0.5, 0.6) is 0 Å². The molecule has 8 heteroatoms. The number of nitrogens with one attached hydrogen (secondary N) is 1. The zero-order chi connectivity index (χ0) is 13.6. The van der Waals surface area contributed by atoms with Crippen molar-refractivity contribution in [1.29, 1.82) is 0 Å². The maximum atomic E-state index is 11.5. The van der Waals surface area contributed by atoms with E-state index in [-0.39, 0.29) is 23.8 Å². The topological polar surface area (TPSA) is 75.7 Å². The Bertz CT molecular complexity index is 366. The van der Waals surface area contributed by atoms with E-state index in [1.54, 1.807) is 11.8 Å². The minimum atomic E-state index is -3.30. The third-order valence-electron chi connectivity index (χ3n) is 2.71. The van der Waals surface area contributed by atoms with Crippen molar-refractivity contribution in [1.82, 2.24) is 9.62 Å². The summed E-state index contributed by atoms with van der Waals surface area (Å²) in [5.41, 5.74) is 0. The molecule has 6 nitrogen and oxygen atoms in total. The fourth-order valence-electron chi connectivity index (χ4n) is 1.81. The Hall–Kier alpha value is -0.530. The number of amides is 1. The van der Waals surface area contributed by atoms with E-state index in [2.05, 4.69) is 4.72 Å². The second kappa shape index (κ2) is 7.16. The van der Waals surface area contributed by atoms with E-state index >= 15 is 0 Å². The summed E-state index contributed by atoms with van der Waals surface area (Å²) >= 11 is 5.41. The van der Waals surface area contributed by atoms with Crippen LogP contribution in [0.1, 0.15) is 19.8 Å². The largest absolute Gasteiger partial charge is 0.450 e. The summed E-state index contributed by atoms with van der Waals surface area (Å²) in [7, 11) is -3.30. The summed E-state index contributed by atoms with van der Waals surface area (Å²) in [6, 6.07) is -0.121. The van der Waals surface area contributed by atoms with Crippen LogP contribution in [-0.2, 0) is 14.8 Å². The zero-order valence-electron chi connectivity index (χ0n) is 10.4. The Balaban J connectivity index is 2.38. The predicted molar refractivity (Wildman–Crippen MR) is 69.3 cm³/mol. The summed E-state index contributed by atoms with van der Waals surface area (Å²) in [6.45, 7) is 3.12. The average Bonchev–Trinajstić information content (AvgIpc) is 2.29. The number of nitrogens with zero attached hydrogens (tertiary/aromatic N) is 1. The second-order valence-corrected chi connectivity index (χ2v) is 6.34. The van der Waals surface area contributed by atoms with E-state index < -0.39 is 10.0 Å². The van der Waals surface area contributed by atoms with E-state index in [9.17, 15) is 13.2 Å². The van der Waals surface area contributed by atoms with Gasteiger partial charge in [0.05, 0.1) is 12.4 Å². The molecule has 1 heterocycles. The Morgan fingerprint density at radius 3 is 2.56 bits per heavy atom. The lowest BCUT2D eigenvalue weighted by molar-refractivity contribution is 0.0966. The van der Waals surface area contributed by atoms with Gasteiger partial charge in [-0.1, -0.05) is 0 Å². The summed E-state index contributed by atoms with van der Waals surface area (Å²) in [5.74, 6) is 0.00362. The molecule has 0 unspecified atom stereocenters. The van der Waals surface area contributed by atoms with Crippen LogP contribution in [-0.4, -0.2) is 56.8 Å². The maximum Gasteiger partial charge on any atom is 0.409 e. The quantitative estimate of drug-likeness (QED) is 0.761. The Kier molecular flexibility index (Phi) is 6.17. The highest BCUT2D eigenvalue weighted by Crippen LogP contribution is 2.12. The van der Waals surface area contributed by atoms with Gasteiger partial charge in [-0.05, 0) is 19.8 Å². The zero-order valence-corrected chi connectivity index (χ0v) is 12.0. The van der Waals surface area contributed by atoms with Crippen LogP contribution >= 0.6 is 11.6 Å². The van der Waals surface area contributed by atoms with Crippen LogP contribution in [0.25, 0.3) is 0 Å². The fourth-order valence-corrected chi connectivity index (χ4v) is 3.48. The number of ether oxygens (including phenoxy) is 1. The molecule has 106 valence electrons. The Morgan fingerprint density at radius 2 is 2.06 bits per heavy atom. The first-order chi connectivity index (χ1) is 8.48. The van der Waals surface area contributed by atoms with Crippen molar-refractivity contribution >= 4 is 27.7 Å². The normalized spacial score (nSPS) is 17.8. The highest BCUT2D eigenvalue weighted by molar-refractivity contribution is 7.89. The van der Waals surface area contributed by atoms with E-state index in [1.165, 1.54) is 0 Å². The molecule has 0 aromatic rings. The minimum Gasteiger partial charge on any atom is -0.450 e. The standard InChI is InChI=1S/C10H19ClN2O4S/c1-2-17-10(14)13-6-3-9(4-7-13)12-18(15,16)8-5-11/h9,12H,2-8H2,1H3. The fraction of sp³-hybridized carbons (Fsp3) is 0.900. The van der Waals surface area contributed by atoms with Gasteiger partial charge in [-0.15, -0.1) is 11.6 Å². The SMILES string of the molecule is CCOC(=O)N1CCC(NS(=O)(=O)CCCl)CC1. The van der Waals surface area contributed by atoms with E-state index in [0.717, 1.165) is 0 Å². The van der Waals surface area contributed by atoms with Crippen molar-refractivity contribution in [2.75, 3.05) is 31.3 Å². The summed E-state index contributed by atoms with van der Waals surface area (Å²) in [4.78, 5) is 13.0. The Morgan fingerprint density at radius 1 is 1.44 bits per heavy atom. The average molecular weight is 299 g/mol. The first-order valence-corrected chi connectivity index (χ1v) is 8.15. The lowest BCUT2D eigenvalue weighted by Gasteiger charge is -2.31. The predicted octanol–water partition coefficient (Wildman–Crippen LogP) is 0.766. The van der Waals surface area contributed by atoms with Gasteiger partial charge in [-0.2, -0.15) is 0 Å². The van der Waals surface area contributed by atoms with Crippen molar-refractivity contribution < 1.29 is 17.9 Å². The highest BCUT2D eigenvalue weighted by Gasteiger charge is 2.26. The maximum absolute atomic E-state index is 11.5. The van der Waals surface area contributed by atoms with Crippen molar-refractivity contribution in [3.63, 3.8) is 0 Å². The smallest absolute Gasteiger partial charge is 0.409 e. The summed E-state index contributed by atoms with van der Waals surface area (Å²) in [6.07, 6.45) is 0.861. The number of rotatable bonds is 5. The van der Waals surface area contributed by atoms with Crippen LogP contribution in [0.2, 0.25) is 0 Å². The lowest BCUT2D eigenvalue weighted by Crippen LogP contribution is -2.47. The number of sulfonamides is 1. The monoisotopic (exact) mass is 298 g/mol. The highest BCUT2D eigenvalue weighted by atomic mass is 35.5. The molecular formula is C10H19ClN2O4S. The molecule has 1 fully saturated rings. The van der Waals surface area contributed by atoms with Crippen molar-refractivity contribution in [2.45, 2.75) is 25.8 Å². The number of hydrogen-bond donors (Lipinski definition) is 1.